The highest BCUT2D eigenvalue weighted by atomic mass is 32.1. The normalized spacial score (nSPS) is 15.6. The Morgan fingerprint density at radius 1 is 1.50 bits per heavy atom. The van der Waals surface area contributed by atoms with E-state index < -0.39 is 5.91 Å². The number of nitrogens with zero attached hydrogens (tertiary/aromatic N) is 2. The van der Waals surface area contributed by atoms with E-state index in [0.29, 0.717) is 16.5 Å². The van der Waals surface area contributed by atoms with E-state index in [1.807, 2.05) is 6.92 Å². The van der Waals surface area contributed by atoms with Gasteiger partial charge in [0.1, 0.15) is 10.6 Å². The van der Waals surface area contributed by atoms with E-state index in [2.05, 4.69) is 15.5 Å². The number of hydrogen-bond acceptors (Lipinski definition) is 5. The Labute approximate surface area is 113 Å². The average Bonchev–Trinajstić information content (AvgIpc) is 2.81. The number of amides is 1. The third kappa shape index (κ3) is 1.85. The highest BCUT2D eigenvalue weighted by Crippen LogP contribution is 2.42. The van der Waals surface area contributed by atoms with Crippen LogP contribution in [0.25, 0.3) is 10.6 Å². The zero-order chi connectivity index (χ0) is 12.7. The van der Waals surface area contributed by atoms with Crippen molar-refractivity contribution in [2.45, 2.75) is 32.1 Å². The van der Waals surface area contributed by atoms with E-state index in [4.69, 9.17) is 5.73 Å². The van der Waals surface area contributed by atoms with Gasteiger partial charge < -0.3 is 5.73 Å². The van der Waals surface area contributed by atoms with Gasteiger partial charge in [-0.3, -0.25) is 4.79 Å². The Kier molecular flexibility index (Phi) is 2.91. The van der Waals surface area contributed by atoms with Crippen molar-refractivity contribution in [3.63, 3.8) is 0 Å². The van der Waals surface area contributed by atoms with Crippen LogP contribution in [0.15, 0.2) is 0 Å². The van der Waals surface area contributed by atoms with Gasteiger partial charge >= 0.3 is 0 Å². The van der Waals surface area contributed by atoms with Gasteiger partial charge in [0.25, 0.3) is 5.91 Å². The molecule has 2 N–H and O–H groups in total. The molecule has 1 radical (unpaired) electrons. The van der Waals surface area contributed by atoms with E-state index in [-0.39, 0.29) is 0 Å². The van der Waals surface area contributed by atoms with E-state index in [1.54, 1.807) is 0 Å². The van der Waals surface area contributed by atoms with Crippen LogP contribution in [0.2, 0.25) is 0 Å². The Balaban J connectivity index is 2.09. The molecule has 1 amide bonds. The van der Waals surface area contributed by atoms with Gasteiger partial charge in [0.05, 0.1) is 15.6 Å². The Morgan fingerprint density at radius 2 is 2.28 bits per heavy atom. The molecule has 0 saturated heterocycles. The van der Waals surface area contributed by atoms with Gasteiger partial charge in [-0.1, -0.05) is 6.42 Å². The molecule has 0 aliphatic heterocycles. The van der Waals surface area contributed by atoms with Crippen LogP contribution in [-0.4, -0.2) is 15.9 Å². The minimum Gasteiger partial charge on any atom is -0.365 e. The zero-order valence-electron chi connectivity index (χ0n) is 9.90. The second-order valence-corrected chi connectivity index (χ2v) is 6.27. The summed E-state index contributed by atoms with van der Waals surface area (Å²) in [6, 6.07) is 0. The first-order valence-electron chi connectivity index (χ1n) is 5.81. The van der Waals surface area contributed by atoms with Gasteiger partial charge in [-0.05, 0) is 19.8 Å². The van der Waals surface area contributed by atoms with Crippen LogP contribution in [0.5, 0.6) is 0 Å². The molecule has 6 heteroatoms. The van der Waals surface area contributed by atoms with Crippen LogP contribution in [0, 0.1) is 12.4 Å². The highest BCUT2D eigenvalue weighted by molar-refractivity contribution is 7.16. The standard InChI is InChI=1S/C12H12N3OS2/c1-6-9(17-5-14-6)8-10(11(13)16)18-12(15-8)7-3-2-4-7/h7H,2-4H2,1H3,(H2,13,16). The smallest absolute Gasteiger partial charge is 0.261 e. The van der Waals surface area contributed by atoms with E-state index in [1.165, 1.54) is 41.9 Å². The summed E-state index contributed by atoms with van der Waals surface area (Å²) in [5.74, 6) is 0.111. The minimum atomic E-state index is -0.402. The first-order chi connectivity index (χ1) is 8.66. The van der Waals surface area contributed by atoms with Crippen molar-refractivity contribution in [1.82, 2.24) is 9.97 Å². The Hall–Kier alpha value is -1.27. The average molecular weight is 278 g/mol. The lowest BCUT2D eigenvalue weighted by molar-refractivity contribution is 0.100. The van der Waals surface area contributed by atoms with Crippen molar-refractivity contribution < 1.29 is 4.79 Å². The summed E-state index contributed by atoms with van der Waals surface area (Å²) in [5, 5.41) is 1.04. The number of carbonyl (C=O) groups is 1. The summed E-state index contributed by atoms with van der Waals surface area (Å²) >= 11 is 2.82. The Bertz CT molecular complexity index is 598. The van der Waals surface area contributed by atoms with Crippen molar-refractivity contribution in [2.24, 2.45) is 5.73 Å². The summed E-state index contributed by atoms with van der Waals surface area (Å²) in [6.07, 6.45) is 3.58. The molecule has 18 heavy (non-hydrogen) atoms. The van der Waals surface area contributed by atoms with Crippen molar-refractivity contribution in [1.29, 1.82) is 0 Å². The van der Waals surface area contributed by atoms with Crippen LogP contribution in [0.3, 0.4) is 0 Å². The minimum absolute atomic E-state index is 0.402. The maximum atomic E-state index is 11.5. The molecule has 0 spiro atoms. The number of rotatable bonds is 3. The third-order valence-corrected chi connectivity index (χ3v) is 5.33. The molecule has 4 nitrogen and oxygen atoms in total. The SMILES string of the molecule is Cc1n[c]sc1-c1nc(C2CCC2)sc1C(N)=O. The lowest BCUT2D eigenvalue weighted by Gasteiger charge is -2.22. The summed E-state index contributed by atoms with van der Waals surface area (Å²) in [7, 11) is 0. The van der Waals surface area contributed by atoms with Crippen molar-refractivity contribution >= 4 is 28.6 Å². The fourth-order valence-electron chi connectivity index (χ4n) is 1.97. The van der Waals surface area contributed by atoms with Crippen LogP contribution in [-0.2, 0) is 0 Å². The first-order valence-corrected chi connectivity index (χ1v) is 7.44. The van der Waals surface area contributed by atoms with Crippen molar-refractivity contribution in [3.8, 4) is 10.6 Å². The monoisotopic (exact) mass is 278 g/mol. The molecule has 1 fully saturated rings. The summed E-state index contributed by atoms with van der Waals surface area (Å²) in [4.78, 5) is 21.7. The van der Waals surface area contributed by atoms with Gasteiger partial charge in [0.15, 0.2) is 5.51 Å². The largest absolute Gasteiger partial charge is 0.365 e. The zero-order valence-corrected chi connectivity index (χ0v) is 11.5. The van der Waals surface area contributed by atoms with Crippen LogP contribution >= 0.6 is 22.7 Å². The lowest BCUT2D eigenvalue weighted by atomic mass is 9.86. The van der Waals surface area contributed by atoms with E-state index in [0.717, 1.165) is 15.6 Å². The topological polar surface area (TPSA) is 68.9 Å². The molecule has 1 aliphatic carbocycles. The fraction of sp³-hybridized carbons (Fsp3) is 0.417. The van der Waals surface area contributed by atoms with Crippen LogP contribution in [0.1, 0.15) is 45.6 Å². The predicted molar refractivity (Wildman–Crippen MR) is 71.9 cm³/mol. The maximum Gasteiger partial charge on any atom is 0.261 e. The molecule has 93 valence electrons. The molecule has 2 aromatic heterocycles. The number of carbonyl (C=O) groups excluding carboxylic acids is 1. The van der Waals surface area contributed by atoms with Gasteiger partial charge in [0, 0.05) is 5.92 Å². The molecule has 3 rings (SSSR count). The molecule has 2 heterocycles. The summed E-state index contributed by atoms with van der Waals surface area (Å²) in [5.41, 5.74) is 9.84. The number of hydrogen-bond donors (Lipinski definition) is 1. The lowest BCUT2D eigenvalue weighted by Crippen LogP contribution is -2.10. The van der Waals surface area contributed by atoms with E-state index in [9.17, 15) is 4.79 Å². The Morgan fingerprint density at radius 3 is 2.78 bits per heavy atom. The molecule has 2 aromatic rings. The highest BCUT2D eigenvalue weighted by Gasteiger charge is 2.27. The molecule has 1 aliphatic rings. The van der Waals surface area contributed by atoms with Gasteiger partial charge in [-0.15, -0.1) is 22.7 Å². The third-order valence-electron chi connectivity index (χ3n) is 3.23. The van der Waals surface area contributed by atoms with E-state index >= 15 is 0 Å². The summed E-state index contributed by atoms with van der Waals surface area (Å²) < 4.78 is 0. The van der Waals surface area contributed by atoms with Crippen molar-refractivity contribution in [3.05, 3.63) is 21.1 Å². The predicted octanol–water partition coefficient (Wildman–Crippen LogP) is 2.74. The quantitative estimate of drug-likeness (QED) is 0.938. The molecule has 0 unspecified atom stereocenters. The fourth-order valence-corrected chi connectivity index (χ4v) is 3.84. The second kappa shape index (κ2) is 4.44. The van der Waals surface area contributed by atoms with Gasteiger partial charge in [-0.25, -0.2) is 9.97 Å². The number of aryl methyl sites for hydroxylation is 1. The first kappa shape index (κ1) is 11.8. The number of aromatic nitrogens is 2. The molecule has 0 aromatic carbocycles. The second-order valence-electron chi connectivity index (χ2n) is 4.44. The van der Waals surface area contributed by atoms with Gasteiger partial charge in [-0.2, -0.15) is 0 Å². The summed E-state index contributed by atoms with van der Waals surface area (Å²) in [6.45, 7) is 1.90. The maximum absolute atomic E-state index is 11.5. The number of thiazole rings is 2. The van der Waals surface area contributed by atoms with Crippen molar-refractivity contribution in [2.75, 3.05) is 0 Å². The van der Waals surface area contributed by atoms with Crippen LogP contribution < -0.4 is 5.73 Å². The number of primary amides is 1. The van der Waals surface area contributed by atoms with Gasteiger partial charge in [0.2, 0.25) is 0 Å². The molecular weight excluding hydrogens is 266 g/mol. The van der Waals surface area contributed by atoms with Crippen LogP contribution in [0.4, 0.5) is 0 Å². The molecule has 0 bridgehead atoms. The molecule has 0 atom stereocenters. The molecular formula is C12H12N3OS2. The number of nitrogens with two attached hydrogens (primary N) is 1. The molecule has 1 saturated carbocycles.